The summed E-state index contributed by atoms with van der Waals surface area (Å²) in [5, 5.41) is 10.0. The molecule has 0 saturated carbocycles. The van der Waals surface area contributed by atoms with Gasteiger partial charge in [-0.1, -0.05) is 31.5 Å². The summed E-state index contributed by atoms with van der Waals surface area (Å²) < 4.78 is 31.6. The summed E-state index contributed by atoms with van der Waals surface area (Å²) in [6.45, 7) is 4.06. The van der Waals surface area contributed by atoms with Gasteiger partial charge in [-0.3, -0.25) is 4.40 Å². The molecule has 2 heterocycles. The lowest BCUT2D eigenvalue weighted by atomic mass is 10.0. The molecule has 0 aliphatic rings. The Hall–Kier alpha value is -3.34. The first kappa shape index (κ1) is 21.9. The van der Waals surface area contributed by atoms with E-state index in [-0.39, 0.29) is 10.8 Å². The van der Waals surface area contributed by atoms with Gasteiger partial charge in [-0.25, -0.2) is 13.4 Å². The maximum atomic E-state index is 11.9. The van der Waals surface area contributed by atoms with Crippen LogP contribution in [-0.4, -0.2) is 24.1 Å². The minimum absolute atomic E-state index is 0.0866. The topological polar surface area (TPSA) is 84.5 Å². The van der Waals surface area contributed by atoms with E-state index in [4.69, 9.17) is 21.3 Å². The number of hydrogen-bond acceptors (Lipinski definition) is 5. The summed E-state index contributed by atoms with van der Waals surface area (Å²) in [7, 11) is -3.35. The van der Waals surface area contributed by atoms with Crippen molar-refractivity contribution >= 4 is 27.1 Å². The van der Waals surface area contributed by atoms with Gasteiger partial charge in [-0.2, -0.15) is 5.26 Å². The molecule has 162 valence electrons. The van der Waals surface area contributed by atoms with Crippen molar-refractivity contribution in [3.8, 4) is 28.8 Å². The zero-order valence-corrected chi connectivity index (χ0v) is 19.3. The smallest absolute Gasteiger partial charge is 0.175 e. The van der Waals surface area contributed by atoms with Crippen molar-refractivity contribution in [2.24, 2.45) is 0 Å². The summed E-state index contributed by atoms with van der Waals surface area (Å²) in [6.07, 6.45) is 3.00. The third-order valence-electron chi connectivity index (χ3n) is 5.01. The Morgan fingerprint density at radius 1 is 1.09 bits per heavy atom. The predicted octanol–water partition coefficient (Wildman–Crippen LogP) is 5.85. The molecule has 0 aliphatic heterocycles. The van der Waals surface area contributed by atoms with Gasteiger partial charge in [-0.05, 0) is 54.4 Å². The molecule has 4 aromatic rings. The molecule has 0 amide bonds. The number of nitrogens with zero attached hydrogens (tertiary/aromatic N) is 3. The van der Waals surface area contributed by atoms with Gasteiger partial charge in [0, 0.05) is 18.0 Å². The fraction of sp³-hybridized carbons (Fsp3) is 0.167. The van der Waals surface area contributed by atoms with Crippen molar-refractivity contribution in [1.82, 2.24) is 9.38 Å². The average molecular weight is 466 g/mol. The molecule has 4 rings (SSSR count). The minimum Gasteiger partial charge on any atom is -0.457 e. The van der Waals surface area contributed by atoms with Gasteiger partial charge >= 0.3 is 0 Å². The number of sulfone groups is 1. The van der Waals surface area contributed by atoms with Crippen molar-refractivity contribution in [3.63, 3.8) is 0 Å². The molecule has 6 nitrogen and oxygen atoms in total. The van der Waals surface area contributed by atoms with Gasteiger partial charge in [-0.15, -0.1) is 0 Å². The molecule has 0 unspecified atom stereocenters. The Bertz CT molecular complexity index is 1480. The number of imidazole rings is 1. The second-order valence-electron chi connectivity index (χ2n) is 7.72. The van der Waals surface area contributed by atoms with Crippen molar-refractivity contribution in [1.29, 1.82) is 5.26 Å². The summed E-state index contributed by atoms with van der Waals surface area (Å²) in [4.78, 5) is 4.90. The van der Waals surface area contributed by atoms with Crippen LogP contribution in [0.25, 0.3) is 16.9 Å². The lowest BCUT2D eigenvalue weighted by molar-refractivity contribution is 0.481. The maximum Gasteiger partial charge on any atom is 0.175 e. The number of pyridine rings is 1. The second kappa shape index (κ2) is 8.30. The van der Waals surface area contributed by atoms with Gasteiger partial charge in [0.05, 0.1) is 26.9 Å². The molecule has 0 saturated heterocycles. The van der Waals surface area contributed by atoms with E-state index < -0.39 is 9.84 Å². The van der Waals surface area contributed by atoms with Crippen LogP contribution in [0.3, 0.4) is 0 Å². The average Bonchev–Trinajstić information content (AvgIpc) is 3.14. The largest absolute Gasteiger partial charge is 0.457 e. The lowest BCUT2D eigenvalue weighted by Crippen LogP contribution is -1.97. The standard InChI is InChI=1S/C24H20ClN3O3S/c1-15(2)22-23(28-11-5-6-16(14-26)24(28)27-22)20-13-18(9-10-21(20)25)31-17-7-4-8-19(12-17)32(3,29)30/h4-13,15H,1-3H3. The van der Waals surface area contributed by atoms with Crippen LogP contribution in [0.15, 0.2) is 65.7 Å². The van der Waals surface area contributed by atoms with Gasteiger partial charge < -0.3 is 4.74 Å². The Morgan fingerprint density at radius 3 is 2.53 bits per heavy atom. The molecule has 0 radical (unpaired) electrons. The molecule has 0 spiro atoms. The number of nitriles is 1. The van der Waals surface area contributed by atoms with Crippen LogP contribution in [0.5, 0.6) is 11.5 Å². The van der Waals surface area contributed by atoms with E-state index in [2.05, 4.69) is 6.07 Å². The monoisotopic (exact) mass is 465 g/mol. The highest BCUT2D eigenvalue weighted by molar-refractivity contribution is 7.90. The van der Waals surface area contributed by atoms with Gasteiger partial charge in [0.1, 0.15) is 17.6 Å². The number of ether oxygens (including phenoxy) is 1. The molecule has 0 aliphatic carbocycles. The Morgan fingerprint density at radius 2 is 1.84 bits per heavy atom. The maximum absolute atomic E-state index is 11.9. The van der Waals surface area contributed by atoms with Crippen LogP contribution < -0.4 is 4.74 Å². The first-order valence-electron chi connectivity index (χ1n) is 9.88. The van der Waals surface area contributed by atoms with Crippen LogP contribution in [0, 0.1) is 11.3 Å². The summed E-state index contributed by atoms with van der Waals surface area (Å²) in [5.41, 5.74) is 3.34. The fourth-order valence-electron chi connectivity index (χ4n) is 3.50. The SMILES string of the molecule is CC(C)c1nc2c(C#N)cccn2c1-c1cc(Oc2cccc(S(C)(=O)=O)c2)ccc1Cl. The molecule has 0 atom stereocenters. The van der Waals surface area contributed by atoms with Crippen LogP contribution in [-0.2, 0) is 9.84 Å². The number of hydrogen-bond donors (Lipinski definition) is 0. The number of aromatic nitrogens is 2. The first-order valence-corrected chi connectivity index (χ1v) is 12.1. The Kier molecular flexibility index (Phi) is 5.68. The zero-order valence-electron chi connectivity index (χ0n) is 17.7. The van der Waals surface area contributed by atoms with E-state index in [1.54, 1.807) is 42.5 Å². The molecule has 8 heteroatoms. The third kappa shape index (κ3) is 4.07. The van der Waals surface area contributed by atoms with Gasteiger partial charge in [0.2, 0.25) is 0 Å². The minimum atomic E-state index is -3.35. The van der Waals surface area contributed by atoms with E-state index in [1.807, 2.05) is 24.4 Å². The van der Waals surface area contributed by atoms with E-state index >= 15 is 0 Å². The molecule has 32 heavy (non-hydrogen) atoms. The fourth-order valence-corrected chi connectivity index (χ4v) is 4.36. The van der Waals surface area contributed by atoms with Gasteiger partial charge in [0.25, 0.3) is 0 Å². The van der Waals surface area contributed by atoms with Crippen molar-refractivity contribution in [3.05, 3.63) is 77.1 Å². The van der Waals surface area contributed by atoms with Crippen molar-refractivity contribution in [2.45, 2.75) is 24.7 Å². The highest BCUT2D eigenvalue weighted by Crippen LogP contribution is 2.38. The van der Waals surface area contributed by atoms with Crippen LogP contribution >= 0.6 is 11.6 Å². The Balaban J connectivity index is 1.85. The van der Waals surface area contributed by atoms with E-state index in [0.717, 1.165) is 17.6 Å². The Labute approximate surface area is 191 Å². The molecule has 0 N–H and O–H groups in total. The summed E-state index contributed by atoms with van der Waals surface area (Å²) >= 11 is 6.59. The highest BCUT2D eigenvalue weighted by atomic mass is 35.5. The van der Waals surface area contributed by atoms with Crippen molar-refractivity contribution < 1.29 is 13.2 Å². The molecule has 2 aromatic heterocycles. The normalized spacial score (nSPS) is 11.6. The van der Waals surface area contributed by atoms with Crippen LogP contribution in [0.1, 0.15) is 31.0 Å². The quantitative estimate of drug-likeness (QED) is 0.369. The number of benzene rings is 2. The number of rotatable bonds is 5. The summed E-state index contributed by atoms with van der Waals surface area (Å²) in [5.74, 6) is 0.981. The second-order valence-corrected chi connectivity index (χ2v) is 10.1. The van der Waals surface area contributed by atoms with Gasteiger partial charge in [0.15, 0.2) is 15.5 Å². The van der Waals surface area contributed by atoms with E-state index in [1.165, 1.54) is 12.1 Å². The molecule has 0 bridgehead atoms. The summed E-state index contributed by atoms with van der Waals surface area (Å²) in [6, 6.07) is 17.3. The van der Waals surface area contributed by atoms with E-state index in [0.29, 0.717) is 33.3 Å². The lowest BCUT2D eigenvalue weighted by Gasteiger charge is -2.13. The first-order chi connectivity index (χ1) is 15.2. The predicted molar refractivity (Wildman–Crippen MR) is 124 cm³/mol. The molecular formula is C24H20ClN3O3S. The van der Waals surface area contributed by atoms with Crippen molar-refractivity contribution in [2.75, 3.05) is 6.26 Å². The number of halogens is 1. The van der Waals surface area contributed by atoms with Crippen LogP contribution in [0.2, 0.25) is 5.02 Å². The van der Waals surface area contributed by atoms with Crippen LogP contribution in [0.4, 0.5) is 0 Å². The molecule has 2 aromatic carbocycles. The molecule has 0 fully saturated rings. The zero-order chi connectivity index (χ0) is 23.0. The van der Waals surface area contributed by atoms with E-state index in [9.17, 15) is 13.7 Å². The number of fused-ring (bicyclic) bond motifs is 1. The highest BCUT2D eigenvalue weighted by Gasteiger charge is 2.21. The third-order valence-corrected chi connectivity index (χ3v) is 6.45. The molecular weight excluding hydrogens is 446 g/mol.